The van der Waals surface area contributed by atoms with E-state index >= 15 is 0 Å². The average molecular weight is 462 g/mol. The van der Waals surface area contributed by atoms with E-state index < -0.39 is 5.97 Å². The monoisotopic (exact) mass is 461 g/mol. The van der Waals surface area contributed by atoms with Gasteiger partial charge >= 0.3 is 5.97 Å². The molecule has 0 radical (unpaired) electrons. The van der Waals surface area contributed by atoms with Gasteiger partial charge in [-0.05, 0) is 35.1 Å². The topological polar surface area (TPSA) is 55.4 Å². The van der Waals surface area contributed by atoms with Crippen LogP contribution < -0.4 is 5.32 Å². The Kier molecular flexibility index (Phi) is 7.01. The van der Waals surface area contributed by atoms with Gasteiger partial charge in [0.25, 0.3) is 5.91 Å². The Morgan fingerprint density at radius 3 is 2.37 bits per heavy atom. The number of rotatable bonds is 6. The first kappa shape index (κ1) is 22.5. The van der Waals surface area contributed by atoms with Gasteiger partial charge in [0.05, 0.1) is 15.8 Å². The van der Waals surface area contributed by atoms with E-state index in [1.54, 1.807) is 12.1 Å². The van der Waals surface area contributed by atoms with Crippen LogP contribution in [0.15, 0.2) is 41.8 Å². The number of amides is 1. The van der Waals surface area contributed by atoms with Crippen molar-refractivity contribution < 1.29 is 14.3 Å². The molecule has 30 heavy (non-hydrogen) atoms. The quantitative estimate of drug-likeness (QED) is 0.393. The molecule has 0 spiro atoms. The van der Waals surface area contributed by atoms with Gasteiger partial charge in [-0.1, -0.05) is 63.6 Å². The summed E-state index contributed by atoms with van der Waals surface area (Å²) < 4.78 is 5.94. The largest absolute Gasteiger partial charge is 0.462 e. The fourth-order valence-corrected chi connectivity index (χ4v) is 4.77. The van der Waals surface area contributed by atoms with E-state index in [-0.39, 0.29) is 11.3 Å². The molecule has 3 aromatic rings. The van der Waals surface area contributed by atoms with E-state index in [0.29, 0.717) is 26.4 Å². The summed E-state index contributed by atoms with van der Waals surface area (Å²) in [5.74, 6) is -0.736. The Morgan fingerprint density at radius 2 is 1.80 bits per heavy atom. The lowest BCUT2D eigenvalue weighted by atomic mass is 9.86. The summed E-state index contributed by atoms with van der Waals surface area (Å²) in [4.78, 5) is 25.9. The molecule has 0 aliphatic rings. The van der Waals surface area contributed by atoms with E-state index in [1.165, 1.54) is 28.2 Å². The van der Waals surface area contributed by atoms with Crippen molar-refractivity contribution in [2.45, 2.75) is 39.5 Å². The minimum atomic E-state index is -0.437. The van der Waals surface area contributed by atoms with Gasteiger partial charge < -0.3 is 10.1 Å². The summed E-state index contributed by atoms with van der Waals surface area (Å²) >= 11 is 8.45. The average Bonchev–Trinajstić information content (AvgIpc) is 3.32. The second-order valence-corrected chi connectivity index (χ2v) is 10.5. The molecule has 3 rings (SSSR count). The molecule has 0 aliphatic heterocycles. The fourth-order valence-electron chi connectivity index (χ4n) is 2.88. The predicted octanol–water partition coefficient (Wildman–Crippen LogP) is 7.25. The number of benzene rings is 1. The first-order valence-corrected chi connectivity index (χ1v) is 11.7. The van der Waals surface area contributed by atoms with E-state index in [1.807, 2.05) is 24.4 Å². The van der Waals surface area contributed by atoms with Crippen molar-refractivity contribution in [3.63, 3.8) is 0 Å². The number of hydrogen-bond acceptors (Lipinski definition) is 5. The number of esters is 1. The Morgan fingerprint density at radius 1 is 1.10 bits per heavy atom. The molecule has 0 bridgehead atoms. The highest BCUT2D eigenvalue weighted by Crippen LogP contribution is 2.37. The van der Waals surface area contributed by atoms with Crippen molar-refractivity contribution in [2.75, 3.05) is 11.9 Å². The zero-order valence-electron chi connectivity index (χ0n) is 17.4. The highest BCUT2D eigenvalue weighted by Gasteiger charge is 2.24. The maximum Gasteiger partial charge on any atom is 0.341 e. The molecule has 2 heterocycles. The lowest BCUT2D eigenvalue weighted by molar-refractivity contribution is 0.0508. The van der Waals surface area contributed by atoms with Gasteiger partial charge in [0.15, 0.2) is 0 Å². The Bertz CT molecular complexity index is 1050. The van der Waals surface area contributed by atoms with Crippen LogP contribution in [-0.2, 0) is 10.2 Å². The number of ether oxygens (including phenoxy) is 1. The number of thiophene rings is 2. The van der Waals surface area contributed by atoms with Crippen LogP contribution in [0, 0.1) is 0 Å². The van der Waals surface area contributed by atoms with Gasteiger partial charge in [0.1, 0.15) is 10.6 Å². The smallest absolute Gasteiger partial charge is 0.341 e. The third-order valence-electron chi connectivity index (χ3n) is 4.52. The Hall–Kier alpha value is -2.15. The van der Waals surface area contributed by atoms with E-state index in [4.69, 9.17) is 16.3 Å². The normalized spacial score (nSPS) is 11.4. The van der Waals surface area contributed by atoms with Gasteiger partial charge in [-0.2, -0.15) is 0 Å². The summed E-state index contributed by atoms with van der Waals surface area (Å²) in [5, 5.41) is 5.21. The molecule has 2 aromatic heterocycles. The second kappa shape index (κ2) is 9.33. The van der Waals surface area contributed by atoms with Crippen molar-refractivity contribution in [1.82, 2.24) is 0 Å². The molecular weight excluding hydrogens is 438 g/mol. The second-order valence-electron chi connectivity index (χ2n) is 7.87. The number of carbonyl (C=O) groups excluding carboxylic acids is 2. The summed E-state index contributed by atoms with van der Waals surface area (Å²) in [5.41, 5.74) is 3.29. The molecule has 4 nitrogen and oxygen atoms in total. The van der Waals surface area contributed by atoms with Crippen molar-refractivity contribution >= 4 is 51.2 Å². The van der Waals surface area contributed by atoms with Crippen molar-refractivity contribution in [2.24, 2.45) is 0 Å². The fraction of sp³-hybridized carbons (Fsp3) is 0.304. The SMILES string of the molecule is CCCOC(=O)c1c(-c2ccc(C(C)(C)C)cc2)csc1NC(=O)c1ccc(Cl)s1. The molecule has 1 N–H and O–H groups in total. The van der Waals surface area contributed by atoms with Gasteiger partial charge in [-0.3, -0.25) is 4.79 Å². The van der Waals surface area contributed by atoms with Gasteiger partial charge in [0.2, 0.25) is 0 Å². The highest BCUT2D eigenvalue weighted by atomic mass is 35.5. The molecule has 0 unspecified atom stereocenters. The first-order chi connectivity index (χ1) is 14.2. The van der Waals surface area contributed by atoms with Crippen molar-refractivity contribution in [1.29, 1.82) is 0 Å². The Labute approximate surface area is 189 Å². The van der Waals surface area contributed by atoms with Crippen LogP contribution in [-0.4, -0.2) is 18.5 Å². The molecule has 0 aliphatic carbocycles. The maximum atomic E-state index is 12.8. The van der Waals surface area contributed by atoms with Crippen molar-refractivity contribution in [3.05, 3.63) is 62.1 Å². The summed E-state index contributed by atoms with van der Waals surface area (Å²) in [7, 11) is 0. The molecule has 1 aromatic carbocycles. The van der Waals surface area contributed by atoms with E-state index in [9.17, 15) is 9.59 Å². The third-order valence-corrected chi connectivity index (χ3v) is 6.64. The molecular formula is C23H24ClNO3S2. The lowest BCUT2D eigenvalue weighted by Gasteiger charge is -2.19. The zero-order valence-corrected chi connectivity index (χ0v) is 19.8. The van der Waals surface area contributed by atoms with Crippen LogP contribution in [0.1, 0.15) is 59.7 Å². The molecule has 0 saturated heterocycles. The van der Waals surface area contributed by atoms with Crippen LogP contribution in [0.5, 0.6) is 0 Å². The molecule has 0 atom stereocenters. The summed E-state index contributed by atoms with van der Waals surface area (Å²) in [6.07, 6.45) is 0.723. The minimum Gasteiger partial charge on any atom is -0.462 e. The third kappa shape index (κ3) is 5.12. The predicted molar refractivity (Wildman–Crippen MR) is 126 cm³/mol. The Balaban J connectivity index is 1.97. The molecule has 7 heteroatoms. The number of nitrogens with one attached hydrogen (secondary N) is 1. The van der Waals surface area contributed by atoms with Crippen LogP contribution in [0.3, 0.4) is 0 Å². The standard InChI is InChI=1S/C23H24ClNO3S2/c1-5-12-28-22(27)19-16(14-6-8-15(9-7-14)23(2,3)4)13-29-21(19)25-20(26)17-10-11-18(24)30-17/h6-11,13H,5,12H2,1-4H3,(H,25,26). The van der Waals surface area contributed by atoms with Crippen molar-refractivity contribution in [3.8, 4) is 11.1 Å². The highest BCUT2D eigenvalue weighted by molar-refractivity contribution is 7.18. The van der Waals surface area contributed by atoms with Gasteiger partial charge in [-0.15, -0.1) is 22.7 Å². The molecule has 0 saturated carbocycles. The maximum absolute atomic E-state index is 12.8. The lowest BCUT2D eigenvalue weighted by Crippen LogP contribution is -2.14. The number of hydrogen-bond donors (Lipinski definition) is 1. The van der Waals surface area contributed by atoms with Gasteiger partial charge in [-0.25, -0.2) is 4.79 Å². The van der Waals surface area contributed by atoms with Crippen LogP contribution in [0.4, 0.5) is 5.00 Å². The van der Waals surface area contributed by atoms with Crippen LogP contribution in [0.25, 0.3) is 11.1 Å². The molecule has 1 amide bonds. The van der Waals surface area contributed by atoms with Gasteiger partial charge in [0, 0.05) is 10.9 Å². The summed E-state index contributed by atoms with van der Waals surface area (Å²) in [6.45, 7) is 8.74. The zero-order chi connectivity index (χ0) is 21.9. The number of carbonyl (C=O) groups is 2. The summed E-state index contributed by atoms with van der Waals surface area (Å²) in [6, 6.07) is 11.5. The van der Waals surface area contributed by atoms with E-state index in [2.05, 4.69) is 38.2 Å². The minimum absolute atomic E-state index is 0.0389. The van der Waals surface area contributed by atoms with Crippen LogP contribution >= 0.6 is 34.3 Å². The molecule has 158 valence electrons. The first-order valence-electron chi connectivity index (χ1n) is 9.67. The molecule has 0 fully saturated rings. The van der Waals surface area contributed by atoms with E-state index in [0.717, 1.165) is 17.5 Å². The number of halogens is 1. The van der Waals surface area contributed by atoms with Crippen LogP contribution in [0.2, 0.25) is 4.34 Å². The number of anilines is 1.